The number of halogens is 1. The molecular weight excluding hydrogens is 232 g/mol. The fourth-order valence-electron chi connectivity index (χ4n) is 2.23. The minimum Gasteiger partial charge on any atom is -0.312 e. The van der Waals surface area contributed by atoms with Gasteiger partial charge < -0.3 is 5.32 Å². The predicted molar refractivity (Wildman–Crippen MR) is 76.4 cm³/mol. The molecule has 0 atom stereocenters. The van der Waals surface area contributed by atoms with Gasteiger partial charge in [-0.1, -0.05) is 33.8 Å². The molecule has 0 amide bonds. The highest BCUT2D eigenvalue weighted by atomic mass is 35.5. The van der Waals surface area contributed by atoms with Gasteiger partial charge in [0, 0.05) is 25.5 Å². The summed E-state index contributed by atoms with van der Waals surface area (Å²) in [6, 6.07) is 4.09. The van der Waals surface area contributed by atoms with E-state index in [1.807, 2.05) is 18.5 Å². The normalized spacial score (nSPS) is 11.4. The van der Waals surface area contributed by atoms with Crippen LogP contribution in [0, 0.1) is 11.3 Å². The highest BCUT2D eigenvalue weighted by molar-refractivity contribution is 5.85. The molecule has 3 heteroatoms. The molecule has 0 saturated heterocycles. The molecule has 0 radical (unpaired) electrons. The van der Waals surface area contributed by atoms with E-state index in [1.54, 1.807) is 0 Å². The van der Waals surface area contributed by atoms with E-state index in [2.05, 4.69) is 44.1 Å². The number of aromatic nitrogens is 1. The zero-order valence-corrected chi connectivity index (χ0v) is 12.2. The third-order valence-corrected chi connectivity index (χ3v) is 2.62. The van der Waals surface area contributed by atoms with Crippen LogP contribution in [0.15, 0.2) is 24.5 Å². The first kappa shape index (κ1) is 16.4. The van der Waals surface area contributed by atoms with Gasteiger partial charge in [0.2, 0.25) is 0 Å². The van der Waals surface area contributed by atoms with E-state index in [-0.39, 0.29) is 12.4 Å². The maximum Gasteiger partial charge on any atom is 0.0312 e. The lowest BCUT2D eigenvalue weighted by Gasteiger charge is -2.27. The van der Waals surface area contributed by atoms with Gasteiger partial charge >= 0.3 is 0 Å². The molecule has 0 aliphatic rings. The average molecular weight is 257 g/mol. The van der Waals surface area contributed by atoms with E-state index in [0.29, 0.717) is 5.41 Å². The fraction of sp³-hybridized carbons (Fsp3) is 0.643. The summed E-state index contributed by atoms with van der Waals surface area (Å²) in [7, 11) is 0. The minimum absolute atomic E-state index is 0. The highest BCUT2D eigenvalue weighted by Gasteiger charge is 2.18. The third-order valence-electron chi connectivity index (χ3n) is 2.62. The van der Waals surface area contributed by atoms with Gasteiger partial charge in [0.15, 0.2) is 0 Å². The maximum absolute atomic E-state index is 4.11. The number of nitrogens with one attached hydrogen (secondary N) is 1. The first-order valence-electron chi connectivity index (χ1n) is 6.09. The van der Waals surface area contributed by atoms with Crippen molar-refractivity contribution in [2.45, 2.75) is 40.7 Å². The molecule has 1 rings (SSSR count). The van der Waals surface area contributed by atoms with Crippen molar-refractivity contribution >= 4 is 12.4 Å². The van der Waals surface area contributed by atoms with Crippen LogP contribution in [-0.4, -0.2) is 11.5 Å². The summed E-state index contributed by atoms with van der Waals surface area (Å²) >= 11 is 0. The molecule has 98 valence electrons. The zero-order valence-electron chi connectivity index (χ0n) is 11.4. The molecule has 1 aromatic heterocycles. The van der Waals surface area contributed by atoms with Crippen LogP contribution in [0.5, 0.6) is 0 Å². The molecule has 1 N–H and O–H groups in total. The molecule has 0 unspecified atom stereocenters. The number of pyridine rings is 1. The van der Waals surface area contributed by atoms with Gasteiger partial charge in [0.1, 0.15) is 0 Å². The first-order chi connectivity index (χ1) is 7.49. The summed E-state index contributed by atoms with van der Waals surface area (Å²) in [6.07, 6.45) is 4.99. The van der Waals surface area contributed by atoms with Crippen molar-refractivity contribution < 1.29 is 0 Å². The van der Waals surface area contributed by atoms with Gasteiger partial charge in [0.25, 0.3) is 0 Å². The Kier molecular flexibility index (Phi) is 7.40. The molecule has 1 aromatic rings. The number of hydrogen-bond acceptors (Lipinski definition) is 2. The third kappa shape index (κ3) is 7.35. The molecule has 1 heterocycles. The van der Waals surface area contributed by atoms with Gasteiger partial charge in [-0.15, -0.1) is 12.4 Å². The molecule has 0 bridgehead atoms. The zero-order chi connectivity index (χ0) is 12.0. The fourth-order valence-corrected chi connectivity index (χ4v) is 2.23. The summed E-state index contributed by atoms with van der Waals surface area (Å²) in [5.41, 5.74) is 1.62. The highest BCUT2D eigenvalue weighted by Crippen LogP contribution is 2.24. The quantitative estimate of drug-likeness (QED) is 0.840. The molecule has 17 heavy (non-hydrogen) atoms. The van der Waals surface area contributed by atoms with Crippen molar-refractivity contribution in [2.24, 2.45) is 11.3 Å². The number of nitrogens with zero attached hydrogens (tertiary/aromatic N) is 1. The minimum atomic E-state index is 0. The Balaban J connectivity index is 0.00000256. The lowest BCUT2D eigenvalue weighted by molar-refractivity contribution is 0.273. The van der Waals surface area contributed by atoms with E-state index >= 15 is 0 Å². The standard InChI is InChI=1S/C14H24N2.ClH/c1-12(2)8-14(3,4)11-16-10-13-6-5-7-15-9-13;/h5-7,9,12,16H,8,10-11H2,1-4H3;1H. The number of rotatable bonds is 6. The smallest absolute Gasteiger partial charge is 0.0312 e. The van der Waals surface area contributed by atoms with Crippen LogP contribution in [0.2, 0.25) is 0 Å². The monoisotopic (exact) mass is 256 g/mol. The lowest BCUT2D eigenvalue weighted by atomic mass is 9.84. The molecule has 0 spiro atoms. The largest absolute Gasteiger partial charge is 0.312 e. The molecule has 0 fully saturated rings. The Morgan fingerprint density at radius 3 is 2.59 bits per heavy atom. The van der Waals surface area contributed by atoms with E-state index < -0.39 is 0 Å². The second-order valence-electron chi connectivity index (χ2n) is 5.73. The van der Waals surface area contributed by atoms with Crippen LogP contribution in [0.3, 0.4) is 0 Å². The topological polar surface area (TPSA) is 24.9 Å². The van der Waals surface area contributed by atoms with Gasteiger partial charge in [-0.05, 0) is 29.4 Å². The van der Waals surface area contributed by atoms with Crippen molar-refractivity contribution in [2.75, 3.05) is 6.54 Å². The van der Waals surface area contributed by atoms with Gasteiger partial charge in [0.05, 0.1) is 0 Å². The summed E-state index contributed by atoms with van der Waals surface area (Å²) in [5, 5.41) is 3.51. The van der Waals surface area contributed by atoms with Crippen LogP contribution in [0.25, 0.3) is 0 Å². The Labute approximate surface area is 112 Å². The van der Waals surface area contributed by atoms with Crippen LogP contribution in [0.1, 0.15) is 39.7 Å². The Hall–Kier alpha value is -0.600. The van der Waals surface area contributed by atoms with Gasteiger partial charge in [-0.2, -0.15) is 0 Å². The number of hydrogen-bond donors (Lipinski definition) is 1. The van der Waals surface area contributed by atoms with E-state index in [1.165, 1.54) is 12.0 Å². The van der Waals surface area contributed by atoms with Crippen molar-refractivity contribution in [3.05, 3.63) is 30.1 Å². The summed E-state index contributed by atoms with van der Waals surface area (Å²) in [5.74, 6) is 0.759. The molecule has 0 aliphatic heterocycles. The second kappa shape index (κ2) is 7.67. The second-order valence-corrected chi connectivity index (χ2v) is 5.73. The van der Waals surface area contributed by atoms with Crippen LogP contribution in [-0.2, 0) is 6.54 Å². The van der Waals surface area contributed by atoms with E-state index in [4.69, 9.17) is 0 Å². The van der Waals surface area contributed by atoms with Crippen molar-refractivity contribution in [1.82, 2.24) is 10.3 Å². The maximum atomic E-state index is 4.11. The van der Waals surface area contributed by atoms with Crippen molar-refractivity contribution in [3.8, 4) is 0 Å². The first-order valence-corrected chi connectivity index (χ1v) is 6.09. The molecule has 0 saturated carbocycles. The van der Waals surface area contributed by atoms with Gasteiger partial charge in [-0.3, -0.25) is 4.98 Å². The Morgan fingerprint density at radius 2 is 2.06 bits per heavy atom. The molecular formula is C14H25ClN2. The van der Waals surface area contributed by atoms with E-state index in [9.17, 15) is 0 Å². The molecule has 0 aromatic carbocycles. The van der Waals surface area contributed by atoms with Crippen LogP contribution < -0.4 is 5.32 Å². The average Bonchev–Trinajstić information content (AvgIpc) is 2.16. The SMILES string of the molecule is CC(C)CC(C)(C)CNCc1cccnc1.Cl. The van der Waals surface area contributed by atoms with Crippen LogP contribution >= 0.6 is 12.4 Å². The van der Waals surface area contributed by atoms with Crippen molar-refractivity contribution in [1.29, 1.82) is 0 Å². The lowest BCUT2D eigenvalue weighted by Crippen LogP contribution is -2.30. The van der Waals surface area contributed by atoms with Crippen LogP contribution in [0.4, 0.5) is 0 Å². The Morgan fingerprint density at radius 1 is 1.35 bits per heavy atom. The summed E-state index contributed by atoms with van der Waals surface area (Å²) in [6.45, 7) is 11.2. The summed E-state index contributed by atoms with van der Waals surface area (Å²) < 4.78 is 0. The predicted octanol–water partition coefficient (Wildman–Crippen LogP) is 3.67. The molecule has 2 nitrogen and oxygen atoms in total. The molecule has 0 aliphatic carbocycles. The van der Waals surface area contributed by atoms with Crippen molar-refractivity contribution in [3.63, 3.8) is 0 Å². The van der Waals surface area contributed by atoms with Gasteiger partial charge in [-0.25, -0.2) is 0 Å². The Bertz CT molecular complexity index is 296. The van der Waals surface area contributed by atoms with E-state index in [0.717, 1.165) is 19.0 Å². The summed E-state index contributed by atoms with van der Waals surface area (Å²) in [4.78, 5) is 4.11.